The Hall–Kier alpha value is -6.73. The summed E-state index contributed by atoms with van der Waals surface area (Å²) in [7, 11) is 0. The molecule has 2 atom stereocenters. The predicted molar refractivity (Wildman–Crippen MR) is 352 cm³/mol. The summed E-state index contributed by atoms with van der Waals surface area (Å²) in [5, 5.41) is 13.8. The van der Waals surface area contributed by atoms with Crippen molar-refractivity contribution >= 4 is 30.7 Å². The number of aldehydes is 1. The molecular weight excluding hydrogens is 1140 g/mol. The van der Waals surface area contributed by atoms with Crippen LogP contribution in [0, 0.1) is 29.6 Å². The van der Waals surface area contributed by atoms with E-state index in [2.05, 4.69) is 50.4 Å². The number of aliphatic hydroxyl groups is 1. The van der Waals surface area contributed by atoms with Crippen LogP contribution in [0.15, 0.2) is 98.1 Å². The molecule has 4 amide bonds. The first-order valence-corrected chi connectivity index (χ1v) is 32.9. The van der Waals surface area contributed by atoms with E-state index in [0.717, 1.165) is 102 Å². The second kappa shape index (κ2) is 36.3. The lowest BCUT2D eigenvalue weighted by Crippen LogP contribution is -2.42. The summed E-state index contributed by atoms with van der Waals surface area (Å²) in [6.45, 7) is 32.8. The van der Waals surface area contributed by atoms with Gasteiger partial charge in [0.1, 0.15) is 28.7 Å². The molecule has 4 aromatic rings. The molecule has 0 aromatic carbocycles. The Morgan fingerprint density at radius 2 is 0.800 bits per heavy atom. The first kappa shape index (κ1) is 74.0. The third kappa shape index (κ3) is 28.6. The molecule has 2 N–H and O–H groups in total. The average molecular weight is 1250 g/mol. The van der Waals surface area contributed by atoms with Crippen LogP contribution in [0.3, 0.4) is 0 Å². The molecule has 0 aliphatic carbocycles. The van der Waals surface area contributed by atoms with Crippen LogP contribution in [-0.4, -0.2) is 163 Å². The first-order chi connectivity index (χ1) is 42.5. The van der Waals surface area contributed by atoms with Crippen molar-refractivity contribution in [2.75, 3.05) is 65.4 Å². The molecule has 5 fully saturated rings. The second-order valence-electron chi connectivity index (χ2n) is 28.6. The number of hydrogen-bond acceptors (Lipinski definition) is 15. The van der Waals surface area contributed by atoms with Crippen LogP contribution in [0.4, 0.5) is 19.2 Å². The van der Waals surface area contributed by atoms with E-state index < -0.39 is 28.5 Å². The Kier molecular flexibility index (Phi) is 29.9. The highest BCUT2D eigenvalue weighted by atomic mass is 16.6. The van der Waals surface area contributed by atoms with E-state index in [1.54, 1.807) is 34.6 Å². The molecule has 0 saturated carbocycles. The summed E-state index contributed by atoms with van der Waals surface area (Å²) in [4.78, 5) is 81.7. The van der Waals surface area contributed by atoms with Gasteiger partial charge in [0.2, 0.25) is 0 Å². The monoisotopic (exact) mass is 1250 g/mol. The number of ether oxygens (including phenoxy) is 4. The van der Waals surface area contributed by atoms with Crippen molar-refractivity contribution < 1.29 is 48.0 Å². The zero-order valence-corrected chi connectivity index (χ0v) is 56.6. The van der Waals surface area contributed by atoms with E-state index in [4.69, 9.17) is 18.9 Å². The Balaban J connectivity index is 0.000000207. The topological polar surface area (TPSA) is 219 Å². The Labute approximate surface area is 538 Å². The standard InChI is InChI=1S/C17H26N2O2.C16H24N2O3.C16H24N2O2.C11H16N2.C11H19NO3/c1-13(15-6-5-9-18-12-15)14-7-10-19(11-8-14)16(20)21-17(2,3)4;1-16(2,3)21-15(20)18-9-6-12(7-10-18)14(19)13-5-4-8-17-11-13;1-16(2,3)20-15(19)18-9-6-13(7-10-18)11-14-5-4-8-17-12-14;1-2-11(9-13-5-1)8-10-3-6-12-7-4-10;1-11(2,3)15-10(14)12-6-4-9(8-13)5-7-12/h5-6,9,12-14H,7-8,10-11H2,1-4H3;4-5,8,11-12,14,19H,6-7,9-10H2,1-3H3;4-5,8,12-13H,6-7,9-11H2,1-3H3;1-2,5,9-10,12H,3-4,6-8H2;8-9H,4-7H2,1-3H3. The maximum atomic E-state index is 12.1. The summed E-state index contributed by atoms with van der Waals surface area (Å²) < 4.78 is 21.5. The number of aliphatic hydroxyl groups excluding tert-OH is 1. The third-order valence-corrected chi connectivity index (χ3v) is 16.4. The fourth-order valence-corrected chi connectivity index (χ4v) is 11.4. The number of piperidine rings is 5. The largest absolute Gasteiger partial charge is 0.444 e. The lowest BCUT2D eigenvalue weighted by molar-refractivity contribution is -0.112. The molecule has 5 aliphatic rings. The molecule has 90 heavy (non-hydrogen) atoms. The highest BCUT2D eigenvalue weighted by Crippen LogP contribution is 2.34. The highest BCUT2D eigenvalue weighted by molar-refractivity contribution is 5.69. The molecule has 9 heterocycles. The summed E-state index contributed by atoms with van der Waals surface area (Å²) in [5.74, 6) is 2.87. The number of carbonyl (C=O) groups is 5. The minimum absolute atomic E-state index is 0.115. The molecule has 5 aliphatic heterocycles. The number of carbonyl (C=O) groups excluding carboxylic acids is 5. The number of aromatic nitrogens is 4. The van der Waals surface area contributed by atoms with Crippen LogP contribution in [0.25, 0.3) is 0 Å². The molecule has 0 spiro atoms. The zero-order chi connectivity index (χ0) is 65.9. The van der Waals surface area contributed by atoms with Crippen molar-refractivity contribution in [3.05, 3.63) is 120 Å². The van der Waals surface area contributed by atoms with Gasteiger partial charge in [0.05, 0.1) is 6.10 Å². The quantitative estimate of drug-likeness (QED) is 0.118. The Morgan fingerprint density at radius 1 is 0.478 bits per heavy atom. The highest BCUT2D eigenvalue weighted by Gasteiger charge is 2.33. The van der Waals surface area contributed by atoms with Crippen LogP contribution < -0.4 is 5.32 Å². The second-order valence-corrected chi connectivity index (χ2v) is 28.6. The Bertz CT molecular complexity index is 2590. The summed E-state index contributed by atoms with van der Waals surface area (Å²) >= 11 is 0. The number of pyridine rings is 4. The summed E-state index contributed by atoms with van der Waals surface area (Å²) in [6, 6.07) is 16.1. The van der Waals surface area contributed by atoms with Gasteiger partial charge in [0.25, 0.3) is 0 Å². The number of hydrogen-bond donors (Lipinski definition) is 2. The van der Waals surface area contributed by atoms with Crippen molar-refractivity contribution in [1.29, 1.82) is 0 Å². The number of rotatable bonds is 9. The van der Waals surface area contributed by atoms with Gasteiger partial charge >= 0.3 is 24.4 Å². The fraction of sp³-hybridized carbons (Fsp3) is 0.648. The summed E-state index contributed by atoms with van der Waals surface area (Å²) in [5.41, 5.74) is 3.04. The first-order valence-electron chi connectivity index (χ1n) is 32.9. The molecule has 19 heteroatoms. The van der Waals surface area contributed by atoms with Crippen molar-refractivity contribution in [2.45, 2.75) is 201 Å². The molecule has 2 unspecified atom stereocenters. The van der Waals surface area contributed by atoms with Gasteiger partial charge < -0.3 is 53.8 Å². The van der Waals surface area contributed by atoms with E-state index in [1.165, 1.54) is 49.0 Å². The Morgan fingerprint density at radius 3 is 1.13 bits per heavy atom. The third-order valence-electron chi connectivity index (χ3n) is 16.4. The van der Waals surface area contributed by atoms with E-state index >= 15 is 0 Å². The zero-order valence-electron chi connectivity index (χ0n) is 56.6. The van der Waals surface area contributed by atoms with Gasteiger partial charge in [-0.05, 0) is 249 Å². The van der Waals surface area contributed by atoms with E-state index in [9.17, 15) is 29.1 Å². The van der Waals surface area contributed by atoms with Crippen molar-refractivity contribution in [3.63, 3.8) is 0 Å². The van der Waals surface area contributed by atoms with Gasteiger partial charge in [-0.1, -0.05) is 31.2 Å². The van der Waals surface area contributed by atoms with Gasteiger partial charge in [-0.2, -0.15) is 0 Å². The maximum Gasteiger partial charge on any atom is 0.410 e. The van der Waals surface area contributed by atoms with E-state index in [-0.39, 0.29) is 36.2 Å². The molecular formula is C71H109N9O10. The van der Waals surface area contributed by atoms with E-state index in [1.807, 2.05) is 148 Å². The van der Waals surface area contributed by atoms with Crippen LogP contribution in [0.2, 0.25) is 0 Å². The number of amides is 4. The van der Waals surface area contributed by atoms with Gasteiger partial charge in [-0.15, -0.1) is 0 Å². The van der Waals surface area contributed by atoms with Crippen molar-refractivity contribution in [3.8, 4) is 0 Å². The minimum Gasteiger partial charge on any atom is -0.444 e. The minimum atomic E-state index is -0.514. The smallest absolute Gasteiger partial charge is 0.410 e. The number of likely N-dealkylation sites (tertiary alicyclic amines) is 4. The molecule has 19 nitrogen and oxygen atoms in total. The van der Waals surface area contributed by atoms with Crippen LogP contribution in [-0.2, 0) is 36.6 Å². The average Bonchev–Trinajstić information content (AvgIpc) is 2.16. The summed E-state index contributed by atoms with van der Waals surface area (Å²) in [6.07, 6.45) is 26.3. The van der Waals surface area contributed by atoms with Crippen LogP contribution >= 0.6 is 0 Å². The van der Waals surface area contributed by atoms with Gasteiger partial charge in [-0.3, -0.25) is 19.9 Å². The number of nitrogens with zero attached hydrogens (tertiary/aromatic N) is 8. The van der Waals surface area contributed by atoms with Crippen LogP contribution in [0.1, 0.15) is 188 Å². The molecule has 0 bridgehead atoms. The van der Waals surface area contributed by atoms with Gasteiger partial charge in [-0.25, -0.2) is 19.2 Å². The van der Waals surface area contributed by atoms with E-state index in [0.29, 0.717) is 43.9 Å². The van der Waals surface area contributed by atoms with Crippen molar-refractivity contribution in [1.82, 2.24) is 44.9 Å². The maximum absolute atomic E-state index is 12.1. The fourth-order valence-electron chi connectivity index (χ4n) is 11.4. The molecule has 5 saturated heterocycles. The van der Waals surface area contributed by atoms with Gasteiger partial charge in [0.15, 0.2) is 0 Å². The lowest BCUT2D eigenvalue weighted by Gasteiger charge is -2.35. The van der Waals surface area contributed by atoms with Gasteiger partial charge in [0, 0.05) is 108 Å². The molecule has 498 valence electrons. The molecule has 9 rings (SSSR count). The van der Waals surface area contributed by atoms with Crippen LogP contribution in [0.5, 0.6) is 0 Å². The molecule has 4 aromatic heterocycles. The van der Waals surface area contributed by atoms with Crippen molar-refractivity contribution in [2.24, 2.45) is 29.6 Å². The number of nitrogens with one attached hydrogen (secondary N) is 1. The predicted octanol–water partition coefficient (Wildman–Crippen LogP) is 13.3. The molecule has 0 radical (unpaired) electrons. The normalized spacial score (nSPS) is 18.2. The lowest BCUT2D eigenvalue weighted by atomic mass is 9.82. The SMILES string of the molecule is CC(C)(C)OC(=O)N1CCC(C(O)c2cccnc2)CC1.CC(C)(C)OC(=O)N1CCC(C=O)CC1.CC(C)(C)OC(=O)N1CCC(Cc2cccnc2)CC1.CC(c1cccnc1)C1CCN(C(=O)OC(C)(C)C)CC1.c1cncc(CC2CCNCC2)c1.